The van der Waals surface area contributed by atoms with E-state index in [-0.39, 0.29) is 17.5 Å². The van der Waals surface area contributed by atoms with Gasteiger partial charge in [0.25, 0.3) is 6.43 Å². The molecule has 1 N–H and O–H groups in total. The van der Waals surface area contributed by atoms with Crippen LogP contribution in [0.25, 0.3) is 0 Å². The van der Waals surface area contributed by atoms with Crippen molar-refractivity contribution in [1.29, 1.82) is 0 Å². The molecule has 0 saturated carbocycles. The Morgan fingerprint density at radius 2 is 2.07 bits per heavy atom. The maximum Gasteiger partial charge on any atom is 0.307 e. The summed E-state index contributed by atoms with van der Waals surface area (Å²) in [5, 5.41) is 8.46. The van der Waals surface area contributed by atoms with Crippen LogP contribution >= 0.6 is 0 Å². The van der Waals surface area contributed by atoms with E-state index in [2.05, 4.69) is 0 Å². The van der Waals surface area contributed by atoms with Gasteiger partial charge in [-0.25, -0.2) is 13.2 Å². The van der Waals surface area contributed by atoms with Gasteiger partial charge in [0, 0.05) is 0 Å². The molecule has 0 saturated heterocycles. The minimum Gasteiger partial charge on any atom is -0.481 e. The molecule has 82 valence electrons. The number of aryl methyl sites for hydroxylation is 1. The third-order valence-corrected chi connectivity index (χ3v) is 1.97. The molecule has 1 aromatic carbocycles. The number of carboxylic acids is 1. The van der Waals surface area contributed by atoms with Crippen LogP contribution in [0, 0.1) is 12.7 Å². The Bertz CT molecular complexity index is 365. The summed E-state index contributed by atoms with van der Waals surface area (Å²) in [4.78, 5) is 10.3. The second-order valence-electron chi connectivity index (χ2n) is 3.18. The fourth-order valence-electron chi connectivity index (χ4n) is 1.38. The van der Waals surface area contributed by atoms with Crippen LogP contribution in [0.1, 0.15) is 23.1 Å². The third kappa shape index (κ3) is 2.71. The van der Waals surface area contributed by atoms with Crippen LogP contribution < -0.4 is 0 Å². The van der Waals surface area contributed by atoms with E-state index in [1.165, 1.54) is 13.0 Å². The Balaban J connectivity index is 3.13. The zero-order valence-electron chi connectivity index (χ0n) is 7.93. The lowest BCUT2D eigenvalue weighted by Gasteiger charge is -2.08. The normalized spacial score (nSPS) is 10.7. The van der Waals surface area contributed by atoms with E-state index in [4.69, 9.17) is 5.11 Å². The topological polar surface area (TPSA) is 37.3 Å². The monoisotopic (exact) mass is 218 g/mol. The number of rotatable bonds is 3. The summed E-state index contributed by atoms with van der Waals surface area (Å²) in [6.45, 7) is 1.33. The molecule has 2 nitrogen and oxygen atoms in total. The molecule has 0 fully saturated rings. The molecular weight excluding hydrogens is 209 g/mol. The van der Waals surface area contributed by atoms with Crippen molar-refractivity contribution in [3.8, 4) is 0 Å². The fourth-order valence-corrected chi connectivity index (χ4v) is 1.38. The average molecular weight is 218 g/mol. The number of hydrogen-bond donors (Lipinski definition) is 1. The molecule has 0 spiro atoms. The van der Waals surface area contributed by atoms with Gasteiger partial charge in [-0.2, -0.15) is 0 Å². The Morgan fingerprint density at radius 3 is 2.47 bits per heavy atom. The first kappa shape index (κ1) is 11.6. The molecule has 15 heavy (non-hydrogen) atoms. The van der Waals surface area contributed by atoms with Crippen molar-refractivity contribution in [2.45, 2.75) is 19.8 Å². The summed E-state index contributed by atoms with van der Waals surface area (Å²) in [5.41, 5.74) is -0.410. The summed E-state index contributed by atoms with van der Waals surface area (Å²) in [5.74, 6) is -2.18. The van der Waals surface area contributed by atoms with E-state index in [9.17, 15) is 18.0 Å². The van der Waals surface area contributed by atoms with Gasteiger partial charge >= 0.3 is 5.97 Å². The summed E-state index contributed by atoms with van der Waals surface area (Å²) < 4.78 is 37.8. The quantitative estimate of drug-likeness (QED) is 0.846. The molecule has 0 bridgehead atoms. The van der Waals surface area contributed by atoms with Crippen LogP contribution in [-0.4, -0.2) is 11.1 Å². The molecule has 0 aliphatic rings. The molecule has 0 unspecified atom stereocenters. The van der Waals surface area contributed by atoms with E-state index >= 15 is 0 Å². The highest BCUT2D eigenvalue weighted by Crippen LogP contribution is 2.26. The zero-order chi connectivity index (χ0) is 11.6. The van der Waals surface area contributed by atoms with Crippen LogP contribution in [0.4, 0.5) is 13.2 Å². The Hall–Kier alpha value is -1.52. The van der Waals surface area contributed by atoms with E-state index in [0.29, 0.717) is 0 Å². The van der Waals surface area contributed by atoms with Crippen molar-refractivity contribution < 1.29 is 23.1 Å². The van der Waals surface area contributed by atoms with Gasteiger partial charge in [-0.1, -0.05) is 6.07 Å². The fraction of sp³-hybridized carbons (Fsp3) is 0.300. The van der Waals surface area contributed by atoms with Crippen LogP contribution in [0.5, 0.6) is 0 Å². The molecule has 1 rings (SSSR count). The number of carboxylic acid groups (broad SMARTS) is 1. The number of aliphatic carboxylic acids is 1. The lowest BCUT2D eigenvalue weighted by atomic mass is 10.0. The highest BCUT2D eigenvalue weighted by atomic mass is 19.3. The van der Waals surface area contributed by atoms with Crippen molar-refractivity contribution in [2.24, 2.45) is 0 Å². The van der Waals surface area contributed by atoms with Gasteiger partial charge in [0.15, 0.2) is 0 Å². The predicted octanol–water partition coefficient (Wildman–Crippen LogP) is 2.70. The minimum atomic E-state index is -2.89. The Kier molecular flexibility index (Phi) is 3.34. The summed E-state index contributed by atoms with van der Waals surface area (Å²) in [6, 6.07) is 2.10. The van der Waals surface area contributed by atoms with Gasteiger partial charge in [0.2, 0.25) is 0 Å². The van der Waals surface area contributed by atoms with E-state index in [0.717, 1.165) is 6.07 Å². The van der Waals surface area contributed by atoms with E-state index in [1.54, 1.807) is 0 Å². The van der Waals surface area contributed by atoms with Crippen LogP contribution in [-0.2, 0) is 11.2 Å². The highest BCUT2D eigenvalue weighted by Gasteiger charge is 2.17. The molecule has 0 amide bonds. The van der Waals surface area contributed by atoms with Gasteiger partial charge in [0.1, 0.15) is 5.82 Å². The van der Waals surface area contributed by atoms with Crippen LogP contribution in [0.15, 0.2) is 12.1 Å². The van der Waals surface area contributed by atoms with Crippen LogP contribution in [0.2, 0.25) is 0 Å². The van der Waals surface area contributed by atoms with Crippen molar-refractivity contribution >= 4 is 5.97 Å². The summed E-state index contributed by atoms with van der Waals surface area (Å²) in [6.07, 6.45) is -3.26. The number of carbonyl (C=O) groups is 1. The smallest absolute Gasteiger partial charge is 0.307 e. The Labute approximate surface area is 84.3 Å². The lowest BCUT2D eigenvalue weighted by Crippen LogP contribution is -2.03. The number of benzene rings is 1. The molecule has 0 heterocycles. The standard InChI is InChI=1S/C10H9F3O2/c1-5-2-6(4-8(14)15)3-7(11)9(5)10(12)13/h2-3,10H,4H2,1H3,(H,14,15). The molecule has 0 aliphatic heterocycles. The third-order valence-electron chi connectivity index (χ3n) is 1.97. The Morgan fingerprint density at radius 1 is 1.47 bits per heavy atom. The maximum absolute atomic E-state index is 13.1. The van der Waals surface area contributed by atoms with Crippen molar-refractivity contribution in [1.82, 2.24) is 0 Å². The first-order valence-electron chi connectivity index (χ1n) is 4.20. The minimum absolute atomic E-state index is 0.0706. The first-order valence-corrected chi connectivity index (χ1v) is 4.20. The highest BCUT2D eigenvalue weighted by molar-refractivity contribution is 5.70. The second-order valence-corrected chi connectivity index (χ2v) is 3.18. The van der Waals surface area contributed by atoms with Crippen molar-refractivity contribution in [3.05, 3.63) is 34.6 Å². The summed E-state index contributed by atoms with van der Waals surface area (Å²) in [7, 11) is 0. The van der Waals surface area contributed by atoms with Gasteiger partial charge < -0.3 is 5.11 Å². The average Bonchev–Trinajstić information content (AvgIpc) is 1.99. The van der Waals surface area contributed by atoms with Gasteiger partial charge in [-0.3, -0.25) is 4.79 Å². The SMILES string of the molecule is Cc1cc(CC(=O)O)cc(F)c1C(F)F. The largest absolute Gasteiger partial charge is 0.481 e. The second kappa shape index (κ2) is 4.33. The predicted molar refractivity (Wildman–Crippen MR) is 47.4 cm³/mol. The molecular formula is C10H9F3O2. The van der Waals surface area contributed by atoms with Gasteiger partial charge in [-0.15, -0.1) is 0 Å². The molecule has 0 atom stereocenters. The molecule has 0 aliphatic carbocycles. The number of halogens is 3. The maximum atomic E-state index is 13.1. The van der Waals surface area contributed by atoms with Crippen molar-refractivity contribution in [3.63, 3.8) is 0 Å². The lowest BCUT2D eigenvalue weighted by molar-refractivity contribution is -0.136. The molecule has 0 radical (unpaired) electrons. The van der Waals surface area contributed by atoms with Gasteiger partial charge in [0.05, 0.1) is 12.0 Å². The van der Waals surface area contributed by atoms with E-state index < -0.39 is 23.8 Å². The zero-order valence-corrected chi connectivity index (χ0v) is 7.93. The van der Waals surface area contributed by atoms with Gasteiger partial charge in [-0.05, 0) is 24.1 Å². The summed E-state index contributed by atoms with van der Waals surface area (Å²) >= 11 is 0. The molecule has 0 aromatic heterocycles. The molecule has 1 aromatic rings. The number of alkyl halides is 2. The van der Waals surface area contributed by atoms with Crippen molar-refractivity contribution in [2.75, 3.05) is 0 Å². The van der Waals surface area contributed by atoms with E-state index in [1.807, 2.05) is 0 Å². The first-order chi connectivity index (χ1) is 6.91. The number of hydrogen-bond acceptors (Lipinski definition) is 1. The molecule has 5 heteroatoms. The van der Waals surface area contributed by atoms with Crippen LogP contribution in [0.3, 0.4) is 0 Å².